The number of nitrogens with zero attached hydrogens (tertiary/aromatic N) is 1. The van der Waals surface area contributed by atoms with Gasteiger partial charge in [-0.3, -0.25) is 9.59 Å². The number of para-hydroxylation sites is 1. The third kappa shape index (κ3) is 4.88. The molecule has 2 N–H and O–H groups in total. The predicted octanol–water partition coefficient (Wildman–Crippen LogP) is 3.99. The van der Waals surface area contributed by atoms with Crippen LogP contribution < -0.4 is 20.1 Å². The van der Waals surface area contributed by atoms with Gasteiger partial charge in [0.15, 0.2) is 11.5 Å². The third-order valence-corrected chi connectivity index (χ3v) is 6.34. The first-order valence-corrected chi connectivity index (χ1v) is 11.8. The molecule has 0 unspecified atom stereocenters. The molecule has 0 bridgehead atoms. The molecule has 2 aliphatic heterocycles. The maximum absolute atomic E-state index is 13.8. The SMILES string of the molecule is COc1cc2c(cc1OC)/C(=C(\C(=O)Nc1ccccc1)C(=O)N1CCCCC1)NC(C)(C)C2. The highest BCUT2D eigenvalue weighted by Gasteiger charge is 2.36. The van der Waals surface area contributed by atoms with Gasteiger partial charge >= 0.3 is 0 Å². The number of hydrogen-bond donors (Lipinski definition) is 2. The molecule has 4 rings (SSSR count). The fourth-order valence-electron chi connectivity index (χ4n) is 4.71. The largest absolute Gasteiger partial charge is 0.493 e. The van der Waals surface area contributed by atoms with Crippen LogP contribution in [-0.4, -0.2) is 49.6 Å². The number of rotatable bonds is 5. The van der Waals surface area contributed by atoms with Crippen LogP contribution in [0.5, 0.6) is 11.5 Å². The molecular weight excluding hydrogens is 430 g/mol. The summed E-state index contributed by atoms with van der Waals surface area (Å²) in [4.78, 5) is 29.3. The molecule has 7 heteroatoms. The molecule has 0 aromatic heterocycles. The number of nitrogens with one attached hydrogen (secondary N) is 2. The summed E-state index contributed by atoms with van der Waals surface area (Å²) >= 11 is 0. The zero-order valence-corrected chi connectivity index (χ0v) is 20.4. The van der Waals surface area contributed by atoms with Crippen molar-refractivity contribution < 1.29 is 19.1 Å². The number of carbonyl (C=O) groups excluding carboxylic acids is 2. The molecule has 0 saturated carbocycles. The summed E-state index contributed by atoms with van der Waals surface area (Å²) in [5, 5.41) is 6.43. The maximum Gasteiger partial charge on any atom is 0.263 e. The summed E-state index contributed by atoms with van der Waals surface area (Å²) in [7, 11) is 3.18. The van der Waals surface area contributed by atoms with Crippen molar-refractivity contribution in [2.75, 3.05) is 32.6 Å². The van der Waals surface area contributed by atoms with Gasteiger partial charge in [-0.1, -0.05) is 18.2 Å². The van der Waals surface area contributed by atoms with Crippen LogP contribution in [0, 0.1) is 0 Å². The number of amides is 2. The Bertz CT molecular complexity index is 1100. The van der Waals surface area contributed by atoms with Crippen LogP contribution in [0.2, 0.25) is 0 Å². The second-order valence-corrected chi connectivity index (χ2v) is 9.47. The van der Waals surface area contributed by atoms with E-state index in [9.17, 15) is 9.59 Å². The average molecular weight is 464 g/mol. The lowest BCUT2D eigenvalue weighted by molar-refractivity contribution is -0.130. The highest BCUT2D eigenvalue weighted by atomic mass is 16.5. The molecule has 2 aliphatic rings. The number of piperidine rings is 1. The van der Waals surface area contributed by atoms with Crippen LogP contribution in [0.15, 0.2) is 48.0 Å². The van der Waals surface area contributed by atoms with E-state index in [4.69, 9.17) is 9.47 Å². The molecule has 7 nitrogen and oxygen atoms in total. The van der Waals surface area contributed by atoms with E-state index in [0.29, 0.717) is 42.4 Å². The molecule has 1 fully saturated rings. The zero-order valence-electron chi connectivity index (χ0n) is 20.4. The maximum atomic E-state index is 13.8. The second kappa shape index (κ2) is 9.79. The second-order valence-electron chi connectivity index (χ2n) is 9.47. The minimum Gasteiger partial charge on any atom is -0.493 e. The number of carbonyl (C=O) groups is 2. The summed E-state index contributed by atoms with van der Waals surface area (Å²) in [5.41, 5.74) is 2.68. The van der Waals surface area contributed by atoms with Crippen molar-refractivity contribution in [1.82, 2.24) is 10.2 Å². The molecule has 2 amide bonds. The number of hydrogen-bond acceptors (Lipinski definition) is 5. The van der Waals surface area contributed by atoms with E-state index < -0.39 is 5.91 Å². The quantitative estimate of drug-likeness (QED) is 0.398. The van der Waals surface area contributed by atoms with Crippen LogP contribution >= 0.6 is 0 Å². The monoisotopic (exact) mass is 463 g/mol. The van der Waals surface area contributed by atoms with Crippen LogP contribution in [0.1, 0.15) is 44.2 Å². The minimum absolute atomic E-state index is 0.118. The first-order valence-electron chi connectivity index (χ1n) is 11.8. The van der Waals surface area contributed by atoms with Gasteiger partial charge in [0.25, 0.3) is 11.8 Å². The van der Waals surface area contributed by atoms with Crippen molar-refractivity contribution in [3.8, 4) is 11.5 Å². The first kappa shape index (κ1) is 23.7. The van der Waals surface area contributed by atoms with Crippen LogP contribution in [-0.2, 0) is 16.0 Å². The van der Waals surface area contributed by atoms with Gasteiger partial charge in [0.1, 0.15) is 5.57 Å². The fraction of sp³-hybridized carbons (Fsp3) is 0.407. The van der Waals surface area contributed by atoms with Crippen molar-refractivity contribution in [2.24, 2.45) is 0 Å². The smallest absolute Gasteiger partial charge is 0.263 e. The minimum atomic E-state index is -0.428. The topological polar surface area (TPSA) is 79.9 Å². The summed E-state index contributed by atoms with van der Waals surface area (Å²) in [6.07, 6.45) is 3.68. The first-order chi connectivity index (χ1) is 16.3. The van der Waals surface area contributed by atoms with Gasteiger partial charge in [0, 0.05) is 29.9 Å². The Hall–Kier alpha value is -3.48. The molecule has 0 radical (unpaired) electrons. The zero-order chi connectivity index (χ0) is 24.3. The normalized spacial score (nSPS) is 18.3. The van der Waals surface area contributed by atoms with Gasteiger partial charge < -0.3 is 25.0 Å². The van der Waals surface area contributed by atoms with Crippen LogP contribution in [0.3, 0.4) is 0 Å². The van der Waals surface area contributed by atoms with Gasteiger partial charge in [-0.25, -0.2) is 0 Å². The molecule has 2 aromatic carbocycles. The van der Waals surface area contributed by atoms with E-state index in [1.807, 2.05) is 42.5 Å². The van der Waals surface area contributed by atoms with Gasteiger partial charge in [0.2, 0.25) is 0 Å². The van der Waals surface area contributed by atoms with Crippen LogP contribution in [0.4, 0.5) is 5.69 Å². The average Bonchev–Trinajstić information content (AvgIpc) is 2.83. The van der Waals surface area contributed by atoms with Crippen molar-refractivity contribution in [3.63, 3.8) is 0 Å². The number of benzene rings is 2. The summed E-state index contributed by atoms with van der Waals surface area (Å²) in [6.45, 7) is 5.42. The van der Waals surface area contributed by atoms with E-state index >= 15 is 0 Å². The van der Waals surface area contributed by atoms with E-state index in [-0.39, 0.29) is 17.0 Å². The Labute approximate surface area is 201 Å². The number of anilines is 1. The standard InChI is InChI=1S/C27H33N3O4/c1-27(2)17-18-15-21(33-3)22(34-4)16-20(18)24(29-27)23(26(32)30-13-9-6-10-14-30)25(31)28-19-11-7-5-8-12-19/h5,7-8,11-12,15-16,29H,6,9-10,13-14,17H2,1-4H3,(H,28,31)/b24-23-. The fourth-order valence-corrected chi connectivity index (χ4v) is 4.71. The highest BCUT2D eigenvalue weighted by molar-refractivity contribution is 6.27. The molecular formula is C27H33N3O4. The Morgan fingerprint density at radius 3 is 2.26 bits per heavy atom. The number of methoxy groups -OCH3 is 2. The lowest BCUT2D eigenvalue weighted by atomic mass is 9.84. The van der Waals surface area contributed by atoms with Gasteiger partial charge in [-0.15, -0.1) is 0 Å². The number of likely N-dealkylation sites (tertiary alicyclic amines) is 1. The molecule has 180 valence electrons. The Morgan fingerprint density at radius 1 is 0.971 bits per heavy atom. The van der Waals surface area contributed by atoms with Crippen molar-refractivity contribution in [3.05, 3.63) is 59.2 Å². The Morgan fingerprint density at radius 2 is 1.62 bits per heavy atom. The number of fused-ring (bicyclic) bond motifs is 1. The molecule has 2 aromatic rings. The molecule has 2 heterocycles. The van der Waals surface area contributed by atoms with E-state index in [1.165, 1.54) is 0 Å². The summed E-state index contributed by atoms with van der Waals surface area (Å²) < 4.78 is 11.1. The van der Waals surface area contributed by atoms with Crippen molar-refractivity contribution in [2.45, 2.75) is 45.1 Å². The van der Waals surface area contributed by atoms with Gasteiger partial charge in [-0.2, -0.15) is 0 Å². The van der Waals surface area contributed by atoms with Gasteiger partial charge in [-0.05, 0) is 69.4 Å². The van der Waals surface area contributed by atoms with E-state index in [1.54, 1.807) is 19.1 Å². The lowest BCUT2D eigenvalue weighted by Crippen LogP contribution is -2.47. The van der Waals surface area contributed by atoms with E-state index in [2.05, 4.69) is 24.5 Å². The van der Waals surface area contributed by atoms with E-state index in [0.717, 1.165) is 30.4 Å². The number of ether oxygens (including phenoxy) is 2. The van der Waals surface area contributed by atoms with Crippen LogP contribution in [0.25, 0.3) is 5.70 Å². The summed E-state index contributed by atoms with van der Waals surface area (Å²) in [6, 6.07) is 13.0. The summed E-state index contributed by atoms with van der Waals surface area (Å²) in [5.74, 6) is 0.487. The Kier molecular flexibility index (Phi) is 6.82. The third-order valence-electron chi connectivity index (χ3n) is 6.34. The molecule has 0 spiro atoms. The molecule has 0 atom stereocenters. The van der Waals surface area contributed by atoms with Gasteiger partial charge in [0.05, 0.1) is 19.9 Å². The molecule has 0 aliphatic carbocycles. The van der Waals surface area contributed by atoms with Crippen molar-refractivity contribution >= 4 is 23.2 Å². The Balaban J connectivity index is 1.89. The lowest BCUT2D eigenvalue weighted by Gasteiger charge is -2.37. The molecule has 34 heavy (non-hydrogen) atoms. The molecule has 1 saturated heterocycles. The predicted molar refractivity (Wildman–Crippen MR) is 133 cm³/mol. The highest BCUT2D eigenvalue weighted by Crippen LogP contribution is 2.39. The van der Waals surface area contributed by atoms with Crippen molar-refractivity contribution in [1.29, 1.82) is 0 Å².